The summed E-state index contributed by atoms with van der Waals surface area (Å²) in [6.07, 6.45) is 2.22. The van der Waals surface area contributed by atoms with Crippen molar-refractivity contribution in [2.75, 3.05) is 7.05 Å². The molecule has 1 saturated carbocycles. The third-order valence-corrected chi connectivity index (χ3v) is 5.27. The molecule has 3 rings (SSSR count). The number of aryl methyl sites for hydroxylation is 1. The van der Waals surface area contributed by atoms with Crippen molar-refractivity contribution < 1.29 is 0 Å². The van der Waals surface area contributed by atoms with Crippen molar-refractivity contribution in [2.45, 2.75) is 44.7 Å². The number of benzene rings is 1. The molecule has 0 spiro atoms. The smallest absolute Gasteiger partial charge is 0.191 e. The van der Waals surface area contributed by atoms with E-state index in [9.17, 15) is 0 Å². The summed E-state index contributed by atoms with van der Waals surface area (Å²) in [5.41, 5.74) is 1.42. The molecule has 2 N–H and O–H groups in total. The summed E-state index contributed by atoms with van der Waals surface area (Å²) in [7, 11) is 1.84. The first-order valence-electron chi connectivity index (χ1n) is 8.26. The van der Waals surface area contributed by atoms with Gasteiger partial charge in [-0.05, 0) is 38.0 Å². The molecule has 0 aliphatic heterocycles. The van der Waals surface area contributed by atoms with Crippen molar-refractivity contribution in [2.24, 2.45) is 4.99 Å². The second kappa shape index (κ2) is 7.18. The number of guanidine groups is 1. The number of hydrogen-bond donors (Lipinski definition) is 2. The molecule has 4 heteroatoms. The van der Waals surface area contributed by atoms with E-state index in [1.807, 2.05) is 18.4 Å². The maximum Gasteiger partial charge on any atom is 0.191 e. The van der Waals surface area contributed by atoms with Crippen molar-refractivity contribution >= 4 is 17.3 Å². The molecule has 0 saturated heterocycles. The highest BCUT2D eigenvalue weighted by Gasteiger charge is 2.38. The Balaban J connectivity index is 1.49. The second-order valence-electron chi connectivity index (χ2n) is 6.34. The molecule has 1 aliphatic rings. The Bertz CT molecular complexity index is 662. The van der Waals surface area contributed by atoms with E-state index < -0.39 is 0 Å². The van der Waals surface area contributed by atoms with Crippen LogP contribution in [0.5, 0.6) is 0 Å². The van der Waals surface area contributed by atoms with Crippen LogP contribution in [0, 0.1) is 6.92 Å². The molecule has 0 bridgehead atoms. The normalized spacial score (nSPS) is 21.8. The van der Waals surface area contributed by atoms with E-state index in [0.29, 0.717) is 18.0 Å². The Morgan fingerprint density at radius 2 is 2.04 bits per heavy atom. The Hall–Kier alpha value is -1.81. The third-order valence-electron chi connectivity index (χ3n) is 4.25. The minimum Gasteiger partial charge on any atom is -0.354 e. The molecule has 0 amide bonds. The number of rotatable bonds is 5. The van der Waals surface area contributed by atoms with Crippen molar-refractivity contribution in [3.8, 4) is 0 Å². The molecule has 23 heavy (non-hydrogen) atoms. The van der Waals surface area contributed by atoms with Crippen LogP contribution in [-0.4, -0.2) is 25.1 Å². The van der Waals surface area contributed by atoms with Crippen molar-refractivity contribution in [3.63, 3.8) is 0 Å². The zero-order valence-electron chi connectivity index (χ0n) is 14.0. The summed E-state index contributed by atoms with van der Waals surface area (Å²) >= 11 is 1.87. The van der Waals surface area contributed by atoms with Crippen LogP contribution in [0.15, 0.2) is 47.5 Å². The van der Waals surface area contributed by atoms with E-state index in [0.717, 1.165) is 12.4 Å². The predicted octanol–water partition coefficient (Wildman–Crippen LogP) is 3.71. The van der Waals surface area contributed by atoms with E-state index >= 15 is 0 Å². The van der Waals surface area contributed by atoms with Gasteiger partial charge in [-0.3, -0.25) is 4.99 Å². The topological polar surface area (TPSA) is 36.4 Å². The highest BCUT2D eigenvalue weighted by molar-refractivity contribution is 7.11. The predicted molar refractivity (Wildman–Crippen MR) is 99.4 cm³/mol. The minimum absolute atomic E-state index is 0.369. The lowest BCUT2D eigenvalue weighted by Gasteiger charge is -2.17. The first-order chi connectivity index (χ1) is 11.2. The average Bonchev–Trinajstić information content (AvgIpc) is 3.21. The molecule has 1 aromatic carbocycles. The molecule has 3 atom stereocenters. The fraction of sp³-hybridized carbons (Fsp3) is 0.421. The maximum absolute atomic E-state index is 4.38. The molecule has 2 aromatic rings. The SMILES string of the molecule is CN=C(NC(C)Cc1ccc(C)s1)NC1CC1c1ccccc1. The number of nitrogens with zero attached hydrogens (tertiary/aromatic N) is 1. The van der Waals surface area contributed by atoms with E-state index in [4.69, 9.17) is 0 Å². The molecule has 0 radical (unpaired) electrons. The first-order valence-corrected chi connectivity index (χ1v) is 9.07. The summed E-state index contributed by atoms with van der Waals surface area (Å²) in [6, 6.07) is 16.0. The molecule has 122 valence electrons. The van der Waals surface area contributed by atoms with Crippen LogP contribution in [0.4, 0.5) is 0 Å². The fourth-order valence-electron chi connectivity index (χ4n) is 2.95. The van der Waals surface area contributed by atoms with Gasteiger partial charge in [-0.1, -0.05) is 30.3 Å². The van der Waals surface area contributed by atoms with Gasteiger partial charge >= 0.3 is 0 Å². The zero-order chi connectivity index (χ0) is 16.2. The van der Waals surface area contributed by atoms with Gasteiger partial charge in [-0.2, -0.15) is 0 Å². The lowest BCUT2D eigenvalue weighted by atomic mass is 10.1. The summed E-state index contributed by atoms with van der Waals surface area (Å²) in [5, 5.41) is 7.07. The molecule has 1 aliphatic carbocycles. The van der Waals surface area contributed by atoms with Crippen LogP contribution in [0.25, 0.3) is 0 Å². The standard InChI is InChI=1S/C19H25N3S/c1-13(11-16-10-9-14(2)23-16)21-19(20-3)22-18-12-17(18)15-7-5-4-6-8-15/h4-10,13,17-18H,11-12H2,1-3H3,(H2,20,21,22). The highest BCUT2D eigenvalue weighted by atomic mass is 32.1. The Morgan fingerprint density at radius 3 is 2.70 bits per heavy atom. The number of aliphatic imine (C=N–C) groups is 1. The second-order valence-corrected chi connectivity index (χ2v) is 7.71. The number of nitrogens with one attached hydrogen (secondary N) is 2. The number of thiophene rings is 1. The van der Waals surface area contributed by atoms with Gasteiger partial charge in [0.05, 0.1) is 0 Å². The van der Waals surface area contributed by atoms with Gasteiger partial charge in [-0.25, -0.2) is 0 Å². The van der Waals surface area contributed by atoms with E-state index in [1.165, 1.54) is 21.7 Å². The van der Waals surface area contributed by atoms with Crippen LogP contribution in [0.1, 0.15) is 34.6 Å². The van der Waals surface area contributed by atoms with Crippen LogP contribution in [0.3, 0.4) is 0 Å². The van der Waals surface area contributed by atoms with E-state index in [2.05, 4.69) is 71.9 Å². The van der Waals surface area contributed by atoms with Crippen LogP contribution in [0.2, 0.25) is 0 Å². The van der Waals surface area contributed by atoms with Crippen molar-refractivity contribution in [3.05, 3.63) is 57.8 Å². The molecule has 1 aromatic heterocycles. The molecule has 1 fully saturated rings. The summed E-state index contributed by atoms with van der Waals surface area (Å²) in [5.74, 6) is 1.53. The summed E-state index contributed by atoms with van der Waals surface area (Å²) in [4.78, 5) is 7.18. The van der Waals surface area contributed by atoms with Gasteiger partial charge < -0.3 is 10.6 Å². The zero-order valence-corrected chi connectivity index (χ0v) is 14.9. The van der Waals surface area contributed by atoms with Gasteiger partial charge in [0, 0.05) is 41.2 Å². The van der Waals surface area contributed by atoms with E-state index in [-0.39, 0.29) is 0 Å². The molecule has 1 heterocycles. The molecular formula is C19H25N3S. The third kappa shape index (κ3) is 4.35. The summed E-state index contributed by atoms with van der Waals surface area (Å²) < 4.78 is 0. The lowest BCUT2D eigenvalue weighted by Crippen LogP contribution is -2.44. The van der Waals surface area contributed by atoms with Crippen molar-refractivity contribution in [1.82, 2.24) is 10.6 Å². The Kier molecular flexibility index (Phi) is 5.01. The Labute approximate surface area is 142 Å². The fourth-order valence-corrected chi connectivity index (χ4v) is 3.97. The maximum atomic E-state index is 4.38. The summed E-state index contributed by atoms with van der Waals surface area (Å²) in [6.45, 7) is 4.37. The van der Waals surface area contributed by atoms with E-state index in [1.54, 1.807) is 0 Å². The Morgan fingerprint density at radius 1 is 1.26 bits per heavy atom. The minimum atomic E-state index is 0.369. The largest absolute Gasteiger partial charge is 0.354 e. The van der Waals surface area contributed by atoms with Gasteiger partial charge in [0.1, 0.15) is 0 Å². The van der Waals surface area contributed by atoms with Gasteiger partial charge in [0.2, 0.25) is 0 Å². The van der Waals surface area contributed by atoms with Crippen LogP contribution in [-0.2, 0) is 6.42 Å². The monoisotopic (exact) mass is 327 g/mol. The quantitative estimate of drug-likeness (QED) is 0.649. The molecular weight excluding hydrogens is 302 g/mol. The van der Waals surface area contributed by atoms with Crippen LogP contribution < -0.4 is 10.6 Å². The number of hydrogen-bond acceptors (Lipinski definition) is 2. The van der Waals surface area contributed by atoms with Gasteiger partial charge in [-0.15, -0.1) is 11.3 Å². The lowest BCUT2D eigenvalue weighted by molar-refractivity contribution is 0.642. The highest BCUT2D eigenvalue weighted by Crippen LogP contribution is 2.40. The van der Waals surface area contributed by atoms with Crippen molar-refractivity contribution in [1.29, 1.82) is 0 Å². The molecule has 3 unspecified atom stereocenters. The van der Waals surface area contributed by atoms with Crippen LogP contribution >= 0.6 is 11.3 Å². The molecule has 3 nitrogen and oxygen atoms in total. The van der Waals surface area contributed by atoms with Gasteiger partial charge in [0.25, 0.3) is 0 Å². The first kappa shape index (κ1) is 16.1. The average molecular weight is 327 g/mol. The van der Waals surface area contributed by atoms with Gasteiger partial charge in [0.15, 0.2) is 5.96 Å².